The van der Waals surface area contributed by atoms with Gasteiger partial charge in [0.2, 0.25) is 0 Å². The summed E-state index contributed by atoms with van der Waals surface area (Å²) in [6, 6.07) is 0. The summed E-state index contributed by atoms with van der Waals surface area (Å²) >= 11 is 0. The third kappa shape index (κ3) is 56.6. The molecule has 0 amide bonds. The van der Waals surface area contributed by atoms with E-state index in [-0.39, 0.29) is 38.6 Å². The van der Waals surface area contributed by atoms with Crippen LogP contribution in [0, 0.1) is 0 Å². The molecule has 0 aromatic carbocycles. The van der Waals surface area contributed by atoms with Crippen molar-refractivity contribution in [2.45, 2.75) is 277 Å². The van der Waals surface area contributed by atoms with Crippen LogP contribution >= 0.6 is 7.82 Å². The second-order valence-electron chi connectivity index (χ2n) is 19.5. The number of ether oxygens (including phenoxy) is 2. The van der Waals surface area contributed by atoms with Gasteiger partial charge in [0.15, 0.2) is 6.10 Å². The van der Waals surface area contributed by atoms with E-state index in [1.54, 1.807) is 0 Å². The normalized spacial score (nSPS) is 13.6. The van der Waals surface area contributed by atoms with Gasteiger partial charge >= 0.3 is 19.8 Å². The highest BCUT2D eigenvalue weighted by Gasteiger charge is 2.26. The van der Waals surface area contributed by atoms with Crippen molar-refractivity contribution in [1.82, 2.24) is 0 Å². The first kappa shape index (κ1) is 68.5. The molecule has 0 saturated carbocycles. The molecule has 0 fully saturated rings. The molecule has 0 radical (unpaired) electrons. The van der Waals surface area contributed by atoms with Gasteiger partial charge in [0.25, 0.3) is 0 Å². The van der Waals surface area contributed by atoms with Gasteiger partial charge in [0, 0.05) is 19.4 Å². The number of nitrogens with two attached hydrogens (primary N) is 1. The van der Waals surface area contributed by atoms with Crippen LogP contribution in [-0.4, -0.2) is 49.3 Å². The molecule has 0 spiro atoms. The number of esters is 2. The largest absolute Gasteiger partial charge is 0.472 e. The number of hydrogen-bond donors (Lipinski definition) is 2. The summed E-state index contributed by atoms with van der Waals surface area (Å²) in [7, 11) is -4.39. The van der Waals surface area contributed by atoms with E-state index < -0.39 is 26.5 Å². The Morgan fingerprint density at radius 2 is 0.775 bits per heavy atom. The van der Waals surface area contributed by atoms with E-state index in [0.29, 0.717) is 6.42 Å². The molecule has 412 valence electrons. The van der Waals surface area contributed by atoms with Gasteiger partial charge in [-0.3, -0.25) is 18.6 Å². The maximum absolute atomic E-state index is 12.7. The zero-order valence-electron chi connectivity index (χ0n) is 45.9. The van der Waals surface area contributed by atoms with E-state index in [1.807, 2.05) is 0 Å². The Balaban J connectivity index is 3.98. The summed E-state index contributed by atoms with van der Waals surface area (Å²) in [5.41, 5.74) is 5.38. The Morgan fingerprint density at radius 1 is 0.437 bits per heavy atom. The smallest absolute Gasteiger partial charge is 0.462 e. The van der Waals surface area contributed by atoms with E-state index in [0.717, 1.165) is 77.0 Å². The third-order valence-corrected chi connectivity index (χ3v) is 13.6. The highest BCUT2D eigenvalue weighted by Crippen LogP contribution is 2.43. The quantitative estimate of drug-likeness (QED) is 0.0264. The maximum Gasteiger partial charge on any atom is 0.472 e. The summed E-state index contributed by atoms with van der Waals surface area (Å²) in [5, 5.41) is 0. The minimum atomic E-state index is -4.39. The lowest BCUT2D eigenvalue weighted by Gasteiger charge is -2.19. The lowest BCUT2D eigenvalue weighted by Crippen LogP contribution is -2.29. The summed E-state index contributed by atoms with van der Waals surface area (Å²) in [5.74, 6) is -0.835. The first-order valence-electron chi connectivity index (χ1n) is 29.4. The number of carbonyl (C=O) groups excluding carboxylic acids is 2. The first-order chi connectivity index (χ1) is 34.8. The molecule has 0 aromatic rings. The van der Waals surface area contributed by atoms with Crippen molar-refractivity contribution in [1.29, 1.82) is 0 Å². The van der Waals surface area contributed by atoms with Crippen molar-refractivity contribution in [3.8, 4) is 0 Å². The summed E-state index contributed by atoms with van der Waals surface area (Å²) < 4.78 is 33.0. The van der Waals surface area contributed by atoms with E-state index in [9.17, 15) is 19.0 Å². The van der Waals surface area contributed by atoms with Crippen LogP contribution in [0.3, 0.4) is 0 Å². The van der Waals surface area contributed by atoms with Crippen LogP contribution in [0.2, 0.25) is 0 Å². The Morgan fingerprint density at radius 3 is 1.17 bits per heavy atom. The van der Waals surface area contributed by atoms with Crippen LogP contribution in [0.15, 0.2) is 72.9 Å². The molecule has 0 aliphatic rings. The molecule has 0 heterocycles. The minimum absolute atomic E-state index is 0.0491. The molecule has 3 N–H and O–H groups in total. The number of hydrogen-bond acceptors (Lipinski definition) is 8. The van der Waals surface area contributed by atoms with Gasteiger partial charge in [-0.1, -0.05) is 247 Å². The lowest BCUT2D eigenvalue weighted by atomic mass is 10.0. The molecular weight excluding hydrogens is 906 g/mol. The van der Waals surface area contributed by atoms with Crippen molar-refractivity contribution in [3.05, 3.63) is 72.9 Å². The second kappa shape index (κ2) is 56.7. The fourth-order valence-corrected chi connectivity index (χ4v) is 9.01. The fourth-order valence-electron chi connectivity index (χ4n) is 8.25. The molecule has 0 rings (SSSR count). The molecule has 9 nitrogen and oxygen atoms in total. The van der Waals surface area contributed by atoms with E-state index >= 15 is 0 Å². The van der Waals surface area contributed by atoms with Gasteiger partial charge in [-0.05, 0) is 83.5 Å². The van der Waals surface area contributed by atoms with E-state index in [4.69, 9.17) is 24.3 Å². The maximum atomic E-state index is 12.7. The van der Waals surface area contributed by atoms with Crippen molar-refractivity contribution in [2.24, 2.45) is 5.73 Å². The van der Waals surface area contributed by atoms with Gasteiger partial charge < -0.3 is 20.1 Å². The average molecular weight is 1020 g/mol. The van der Waals surface area contributed by atoms with E-state index in [2.05, 4.69) is 86.8 Å². The Bertz CT molecular complexity index is 1390. The van der Waals surface area contributed by atoms with Gasteiger partial charge in [-0.15, -0.1) is 0 Å². The van der Waals surface area contributed by atoms with Crippen LogP contribution in [-0.2, 0) is 32.7 Å². The van der Waals surface area contributed by atoms with Crippen LogP contribution in [0.25, 0.3) is 0 Å². The standard InChI is InChI=1S/C61H110NO8P/c1-3-5-7-9-11-13-15-17-19-21-23-25-27-28-29-30-32-33-35-37-39-41-43-45-47-49-51-53-60(63)67-57-59(58-69-71(65,66)68-56-55-62)70-61(64)54-52-50-48-46-44-42-40-38-36-34-31-26-24-22-20-18-16-14-12-10-8-6-4-2/h6,8,12,14,18,20-21,23-24,26,34,36,59H,3-5,7,9-11,13,15-17,19,22,25,27-33,35,37-58,62H2,1-2H3,(H,65,66)/b8-6-,14-12-,20-18-,23-21-,26-24-,36-34-. The molecule has 0 aliphatic heterocycles. The van der Waals surface area contributed by atoms with E-state index in [1.165, 1.54) is 161 Å². The number of allylic oxidation sites excluding steroid dienone is 12. The predicted octanol–water partition coefficient (Wildman–Crippen LogP) is 18.5. The van der Waals surface area contributed by atoms with Crippen molar-refractivity contribution in [3.63, 3.8) is 0 Å². The van der Waals surface area contributed by atoms with Gasteiger partial charge in [0.05, 0.1) is 13.2 Å². The zero-order chi connectivity index (χ0) is 51.7. The highest BCUT2D eigenvalue weighted by atomic mass is 31.2. The van der Waals surface area contributed by atoms with Gasteiger partial charge in [-0.25, -0.2) is 4.57 Å². The Labute approximate surface area is 437 Å². The predicted molar refractivity (Wildman–Crippen MR) is 302 cm³/mol. The molecule has 2 unspecified atom stereocenters. The number of phosphoric acid groups is 1. The summed E-state index contributed by atoms with van der Waals surface area (Å²) in [4.78, 5) is 35.2. The third-order valence-electron chi connectivity index (χ3n) is 12.6. The lowest BCUT2D eigenvalue weighted by molar-refractivity contribution is -0.161. The van der Waals surface area contributed by atoms with Crippen LogP contribution < -0.4 is 5.73 Å². The van der Waals surface area contributed by atoms with Crippen molar-refractivity contribution < 1.29 is 37.6 Å². The SMILES string of the molecule is CC/C=C\C/C=C\C/C=C\C/C=C\C/C=C\CCCCCCCCCC(=O)OC(COC(=O)CCCCCCCCCCCCCCCCC/C=C\CCCCCCCCCC)COP(=O)(O)OCCN. The molecule has 0 aliphatic carbocycles. The monoisotopic (exact) mass is 1020 g/mol. The molecule has 0 saturated heterocycles. The number of unbranched alkanes of at least 4 members (excludes halogenated alkanes) is 30. The van der Waals surface area contributed by atoms with Crippen LogP contribution in [0.1, 0.15) is 271 Å². The molecule has 10 heteroatoms. The summed E-state index contributed by atoms with van der Waals surface area (Å²) in [6.45, 7) is 3.64. The summed E-state index contributed by atoms with van der Waals surface area (Å²) in [6.07, 6.45) is 72.4. The zero-order valence-corrected chi connectivity index (χ0v) is 46.8. The molecule has 71 heavy (non-hydrogen) atoms. The van der Waals surface area contributed by atoms with Crippen molar-refractivity contribution in [2.75, 3.05) is 26.4 Å². The Hall–Kier alpha value is -2.55. The second-order valence-corrected chi connectivity index (χ2v) is 20.9. The number of rotatable bonds is 55. The van der Waals surface area contributed by atoms with Gasteiger partial charge in [-0.2, -0.15) is 0 Å². The minimum Gasteiger partial charge on any atom is -0.462 e. The topological polar surface area (TPSA) is 134 Å². The van der Waals surface area contributed by atoms with Crippen LogP contribution in [0.4, 0.5) is 0 Å². The first-order valence-corrected chi connectivity index (χ1v) is 30.9. The number of carbonyl (C=O) groups is 2. The number of phosphoric ester groups is 1. The van der Waals surface area contributed by atoms with Crippen molar-refractivity contribution >= 4 is 19.8 Å². The Kier molecular flexibility index (Phi) is 54.7. The fraction of sp³-hybridized carbons (Fsp3) is 0.770. The molecule has 0 bridgehead atoms. The molecule has 0 aromatic heterocycles. The molecule has 2 atom stereocenters. The van der Waals surface area contributed by atoms with Crippen LogP contribution in [0.5, 0.6) is 0 Å². The average Bonchev–Trinajstić information content (AvgIpc) is 3.36. The van der Waals surface area contributed by atoms with Gasteiger partial charge in [0.1, 0.15) is 6.61 Å². The highest BCUT2D eigenvalue weighted by molar-refractivity contribution is 7.47. The molecular formula is C61H110NO8P.